The number of carbonyl (C=O) groups is 1. The highest BCUT2D eigenvalue weighted by molar-refractivity contribution is 5.91. The third kappa shape index (κ3) is 3.97. The van der Waals surface area contributed by atoms with Crippen LogP contribution >= 0.6 is 0 Å². The number of aromatic nitrogens is 3. The maximum Gasteiger partial charge on any atom is 0.323 e. The highest BCUT2D eigenvalue weighted by Crippen LogP contribution is 2.36. The molecule has 31 heavy (non-hydrogen) atoms. The normalized spacial score (nSPS) is 22.8. The average molecular weight is 424 g/mol. The molecule has 0 spiro atoms. The summed E-state index contributed by atoms with van der Waals surface area (Å²) in [5.74, 6) is 1.65. The molecule has 0 aromatic carbocycles. The lowest BCUT2D eigenvalue weighted by molar-refractivity contribution is 0.141. The number of hydrogen-bond donors (Lipinski definition) is 2. The zero-order valence-corrected chi connectivity index (χ0v) is 17.3. The largest absolute Gasteiger partial charge is 0.439 e. The van der Waals surface area contributed by atoms with Gasteiger partial charge in [-0.25, -0.2) is 24.1 Å². The molecule has 3 aromatic heterocycles. The van der Waals surface area contributed by atoms with E-state index in [1.807, 2.05) is 17.0 Å². The van der Waals surface area contributed by atoms with Crippen molar-refractivity contribution in [3.05, 3.63) is 36.5 Å². The molecular weight excluding hydrogens is 399 g/mol. The van der Waals surface area contributed by atoms with E-state index in [1.165, 1.54) is 0 Å². The van der Waals surface area contributed by atoms with Crippen LogP contribution in [0.4, 0.5) is 15.0 Å². The van der Waals surface area contributed by atoms with Crippen molar-refractivity contribution in [2.75, 3.05) is 18.5 Å². The Bertz CT molecular complexity index is 1090. The number of urea groups is 1. The van der Waals surface area contributed by atoms with Crippen molar-refractivity contribution in [2.24, 2.45) is 0 Å². The topological polar surface area (TPSA) is 96.2 Å². The Morgan fingerprint density at radius 2 is 2.03 bits per heavy atom. The minimum atomic E-state index is -0.366. The van der Waals surface area contributed by atoms with Crippen LogP contribution in [0.5, 0.6) is 0 Å². The second kappa shape index (κ2) is 8.22. The lowest BCUT2D eigenvalue weighted by Gasteiger charge is -2.39. The number of alkyl halides is 1. The number of amides is 2. The fourth-order valence-corrected chi connectivity index (χ4v) is 4.81. The molecule has 5 rings (SSSR count). The van der Waals surface area contributed by atoms with Gasteiger partial charge in [0.25, 0.3) is 0 Å². The fraction of sp³-hybridized carbons (Fsp3) is 0.455. The van der Waals surface area contributed by atoms with Crippen molar-refractivity contribution >= 4 is 22.8 Å². The van der Waals surface area contributed by atoms with Crippen molar-refractivity contribution in [1.29, 1.82) is 0 Å². The Labute approximate surface area is 179 Å². The summed E-state index contributed by atoms with van der Waals surface area (Å²) in [7, 11) is 0. The van der Waals surface area contributed by atoms with Crippen LogP contribution in [0.15, 0.2) is 35.0 Å². The van der Waals surface area contributed by atoms with Crippen molar-refractivity contribution < 1.29 is 13.6 Å². The summed E-state index contributed by atoms with van der Waals surface area (Å²) in [6, 6.07) is 6.05. The smallest absolute Gasteiger partial charge is 0.323 e. The van der Waals surface area contributed by atoms with E-state index in [0.29, 0.717) is 35.2 Å². The first-order valence-electron chi connectivity index (χ1n) is 10.7. The highest BCUT2D eigenvalue weighted by atomic mass is 19.1. The Morgan fingerprint density at radius 1 is 1.23 bits per heavy atom. The maximum atomic E-state index is 13.0. The van der Waals surface area contributed by atoms with E-state index >= 15 is 0 Å². The van der Waals surface area contributed by atoms with Crippen LogP contribution in [-0.4, -0.2) is 57.2 Å². The second-order valence-corrected chi connectivity index (χ2v) is 8.24. The van der Waals surface area contributed by atoms with Gasteiger partial charge in [0.15, 0.2) is 11.7 Å². The highest BCUT2D eigenvalue weighted by Gasteiger charge is 2.43. The number of piperidine rings is 1. The summed E-state index contributed by atoms with van der Waals surface area (Å²) in [6.45, 7) is 1.80. The number of pyridine rings is 2. The van der Waals surface area contributed by atoms with Gasteiger partial charge in [-0.1, -0.05) is 0 Å². The first-order chi connectivity index (χ1) is 15.1. The lowest BCUT2D eigenvalue weighted by atomic mass is 9.97. The summed E-state index contributed by atoms with van der Waals surface area (Å²) in [4.78, 5) is 28.1. The average Bonchev–Trinajstić information content (AvgIpc) is 3.32. The van der Waals surface area contributed by atoms with Gasteiger partial charge in [-0.3, -0.25) is 5.32 Å². The molecule has 2 amide bonds. The number of hydrogen-bond acceptors (Lipinski definition) is 6. The SMILES string of the molecule is Cc1ncc(-c2ccc3cnc(NC(=O)N4[C@@H]5CC[C@H]4C[C@@H](NCCF)C5)cc3n2)o1. The quantitative estimate of drug-likeness (QED) is 0.649. The van der Waals surface area contributed by atoms with Crippen LogP contribution in [0.1, 0.15) is 31.6 Å². The van der Waals surface area contributed by atoms with Gasteiger partial charge < -0.3 is 14.6 Å². The van der Waals surface area contributed by atoms with Crippen molar-refractivity contribution in [3.8, 4) is 11.5 Å². The van der Waals surface area contributed by atoms with Crippen LogP contribution in [0.2, 0.25) is 0 Å². The minimum absolute atomic E-state index is 0.134. The Morgan fingerprint density at radius 3 is 2.74 bits per heavy atom. The number of halogens is 1. The predicted molar refractivity (Wildman–Crippen MR) is 114 cm³/mol. The molecule has 0 saturated carbocycles. The van der Waals surface area contributed by atoms with Gasteiger partial charge in [-0.15, -0.1) is 0 Å². The maximum absolute atomic E-state index is 13.0. The molecule has 3 aromatic rings. The van der Waals surface area contributed by atoms with Crippen LogP contribution in [0.3, 0.4) is 0 Å². The molecular formula is C22H25FN6O2. The Hall–Kier alpha value is -3.07. The zero-order chi connectivity index (χ0) is 21.4. The number of anilines is 1. The van der Waals surface area contributed by atoms with Gasteiger partial charge in [0.05, 0.1) is 11.7 Å². The molecule has 9 heteroatoms. The summed E-state index contributed by atoms with van der Waals surface area (Å²) in [6.07, 6.45) is 7.04. The summed E-state index contributed by atoms with van der Waals surface area (Å²) in [5.41, 5.74) is 1.39. The van der Waals surface area contributed by atoms with Crippen molar-refractivity contribution in [3.63, 3.8) is 0 Å². The Kier molecular flexibility index (Phi) is 5.27. The number of fused-ring (bicyclic) bond motifs is 3. The van der Waals surface area contributed by atoms with E-state index in [9.17, 15) is 9.18 Å². The first kappa shape index (κ1) is 19.9. The van der Waals surface area contributed by atoms with Gasteiger partial charge in [-0.05, 0) is 37.8 Å². The molecule has 2 saturated heterocycles. The van der Waals surface area contributed by atoms with E-state index in [1.54, 1.807) is 25.4 Å². The monoisotopic (exact) mass is 424 g/mol. The second-order valence-electron chi connectivity index (χ2n) is 8.24. The fourth-order valence-electron chi connectivity index (χ4n) is 4.81. The van der Waals surface area contributed by atoms with Gasteiger partial charge in [0, 0.05) is 49.2 Å². The molecule has 5 heterocycles. The van der Waals surface area contributed by atoms with Crippen LogP contribution in [0.25, 0.3) is 22.4 Å². The van der Waals surface area contributed by atoms with E-state index in [2.05, 4.69) is 25.6 Å². The number of nitrogens with one attached hydrogen (secondary N) is 2. The number of aryl methyl sites for hydroxylation is 1. The van der Waals surface area contributed by atoms with E-state index in [0.717, 1.165) is 31.1 Å². The number of nitrogens with zero attached hydrogens (tertiary/aromatic N) is 4. The van der Waals surface area contributed by atoms with Crippen molar-refractivity contribution in [1.82, 2.24) is 25.2 Å². The summed E-state index contributed by atoms with van der Waals surface area (Å²) in [5, 5.41) is 7.07. The molecule has 162 valence electrons. The van der Waals surface area contributed by atoms with Crippen LogP contribution < -0.4 is 10.6 Å². The molecule has 2 bridgehead atoms. The van der Waals surface area contributed by atoms with E-state index in [-0.39, 0.29) is 30.8 Å². The molecule has 0 unspecified atom stereocenters. The minimum Gasteiger partial charge on any atom is -0.439 e. The molecule has 0 aliphatic carbocycles. The van der Waals surface area contributed by atoms with Crippen molar-refractivity contribution in [2.45, 2.75) is 50.7 Å². The van der Waals surface area contributed by atoms with E-state index in [4.69, 9.17) is 4.42 Å². The molecule has 0 radical (unpaired) electrons. The molecule has 2 aliphatic rings. The van der Waals surface area contributed by atoms with Gasteiger partial charge >= 0.3 is 6.03 Å². The van der Waals surface area contributed by atoms with E-state index < -0.39 is 0 Å². The molecule has 2 aliphatic heterocycles. The summed E-state index contributed by atoms with van der Waals surface area (Å²) < 4.78 is 18.0. The first-order valence-corrected chi connectivity index (χ1v) is 10.7. The molecule has 3 atom stereocenters. The standard InChI is InChI=1S/C22H25FN6O2/c1-13-25-12-20(31-13)18-5-2-14-11-26-21(10-19(14)27-18)28-22(30)29-16-3-4-17(29)9-15(8-16)24-7-6-23/h2,5,10-12,15-17,24H,3-4,6-9H2,1H3,(H,26,28,30)/t15-,16+,17-. The molecule has 2 N–H and O–H groups in total. The predicted octanol–water partition coefficient (Wildman–Crippen LogP) is 3.68. The van der Waals surface area contributed by atoms with Gasteiger partial charge in [0.2, 0.25) is 0 Å². The van der Waals surface area contributed by atoms with Crippen LogP contribution in [-0.2, 0) is 0 Å². The lowest BCUT2D eigenvalue weighted by Crippen LogP contribution is -2.53. The number of rotatable bonds is 5. The number of oxazole rings is 1. The molecule has 2 fully saturated rings. The molecule has 8 nitrogen and oxygen atoms in total. The summed E-state index contributed by atoms with van der Waals surface area (Å²) >= 11 is 0. The van der Waals surface area contributed by atoms with Crippen LogP contribution in [0, 0.1) is 6.92 Å². The zero-order valence-electron chi connectivity index (χ0n) is 17.3. The third-order valence-corrected chi connectivity index (χ3v) is 6.18. The van der Waals surface area contributed by atoms with Gasteiger partial charge in [0.1, 0.15) is 18.2 Å². The number of carbonyl (C=O) groups excluding carboxylic acids is 1. The van der Waals surface area contributed by atoms with Gasteiger partial charge in [-0.2, -0.15) is 0 Å². The third-order valence-electron chi connectivity index (χ3n) is 6.18. The Balaban J connectivity index is 1.31.